The van der Waals surface area contributed by atoms with E-state index in [9.17, 15) is 0 Å². The summed E-state index contributed by atoms with van der Waals surface area (Å²) in [5.74, 6) is 0. The number of benzene rings is 2. The summed E-state index contributed by atoms with van der Waals surface area (Å²) in [6, 6.07) is 20.1. The second-order valence-electron chi connectivity index (χ2n) is 4.90. The van der Waals surface area contributed by atoms with Gasteiger partial charge in [0, 0.05) is 22.7 Å². The van der Waals surface area contributed by atoms with Gasteiger partial charge in [0.15, 0.2) is 0 Å². The van der Waals surface area contributed by atoms with Gasteiger partial charge in [-0.2, -0.15) is 5.26 Å². The maximum atomic E-state index is 8.94. The smallest absolute Gasteiger partial charge is 0.0991 e. The topological polar surface area (TPSA) is 41.6 Å². The number of aromatic nitrogens is 2. The maximum absolute atomic E-state index is 8.94. The Hall–Kier alpha value is -3.12. The van der Waals surface area contributed by atoms with Crippen LogP contribution in [0.25, 0.3) is 27.5 Å². The van der Waals surface area contributed by atoms with Crippen molar-refractivity contribution in [3.05, 3.63) is 72.6 Å². The van der Waals surface area contributed by atoms with Crippen molar-refractivity contribution >= 4 is 21.8 Å². The molecule has 3 nitrogen and oxygen atoms in total. The summed E-state index contributed by atoms with van der Waals surface area (Å²) in [6.45, 7) is 0. The standard InChI is InChI=1S/C18H11N3/c19-11-13-5-7-14(8-6-13)21-17-4-2-1-3-15(17)16-9-10-20-12-18(16)21/h1-10,12H. The summed E-state index contributed by atoms with van der Waals surface area (Å²) in [5.41, 5.74) is 3.92. The second kappa shape index (κ2) is 4.46. The van der Waals surface area contributed by atoms with Gasteiger partial charge in [-0.25, -0.2) is 0 Å². The number of hydrogen-bond donors (Lipinski definition) is 0. The molecule has 98 valence electrons. The summed E-state index contributed by atoms with van der Waals surface area (Å²) < 4.78 is 2.18. The van der Waals surface area contributed by atoms with Crippen LogP contribution in [0.4, 0.5) is 0 Å². The molecule has 0 bridgehead atoms. The Balaban J connectivity index is 2.12. The van der Waals surface area contributed by atoms with E-state index in [1.165, 1.54) is 10.8 Å². The average molecular weight is 269 g/mol. The highest BCUT2D eigenvalue weighted by atomic mass is 15.0. The van der Waals surface area contributed by atoms with E-state index in [1.807, 2.05) is 54.9 Å². The van der Waals surface area contributed by atoms with Gasteiger partial charge in [-0.1, -0.05) is 18.2 Å². The Morgan fingerprint density at radius 2 is 1.62 bits per heavy atom. The molecule has 0 saturated heterocycles. The van der Waals surface area contributed by atoms with Crippen LogP contribution < -0.4 is 0 Å². The fraction of sp³-hybridized carbons (Fsp3) is 0. The molecular weight excluding hydrogens is 258 g/mol. The van der Waals surface area contributed by atoms with E-state index in [2.05, 4.69) is 27.8 Å². The van der Waals surface area contributed by atoms with Gasteiger partial charge in [0.25, 0.3) is 0 Å². The zero-order chi connectivity index (χ0) is 14.2. The lowest BCUT2D eigenvalue weighted by molar-refractivity contribution is 1.16. The lowest BCUT2D eigenvalue weighted by Crippen LogP contribution is -1.93. The molecule has 0 amide bonds. The van der Waals surface area contributed by atoms with Crippen LogP contribution in [0.1, 0.15) is 5.56 Å². The Bertz CT molecular complexity index is 935. The Kier molecular flexibility index (Phi) is 2.48. The minimum Gasteiger partial charge on any atom is -0.308 e. The van der Waals surface area contributed by atoms with Crippen LogP contribution >= 0.6 is 0 Å². The van der Waals surface area contributed by atoms with Gasteiger partial charge in [0.2, 0.25) is 0 Å². The molecule has 0 atom stereocenters. The molecule has 21 heavy (non-hydrogen) atoms. The van der Waals surface area contributed by atoms with Crippen molar-refractivity contribution in [1.29, 1.82) is 5.26 Å². The summed E-state index contributed by atoms with van der Waals surface area (Å²) in [4.78, 5) is 4.25. The van der Waals surface area contributed by atoms with Crippen molar-refractivity contribution in [3.8, 4) is 11.8 Å². The van der Waals surface area contributed by atoms with Gasteiger partial charge in [-0.15, -0.1) is 0 Å². The maximum Gasteiger partial charge on any atom is 0.0991 e. The highest BCUT2D eigenvalue weighted by molar-refractivity contribution is 6.08. The molecule has 4 rings (SSSR count). The Morgan fingerprint density at radius 1 is 0.857 bits per heavy atom. The van der Waals surface area contributed by atoms with E-state index >= 15 is 0 Å². The molecule has 2 heterocycles. The Morgan fingerprint density at radius 3 is 2.43 bits per heavy atom. The molecule has 2 aromatic carbocycles. The first-order valence-electron chi connectivity index (χ1n) is 6.72. The number of fused-ring (bicyclic) bond motifs is 3. The molecule has 0 unspecified atom stereocenters. The molecular formula is C18H11N3. The molecule has 0 fully saturated rings. The van der Waals surface area contributed by atoms with Gasteiger partial charge in [-0.05, 0) is 36.4 Å². The normalized spacial score (nSPS) is 10.8. The van der Waals surface area contributed by atoms with E-state index in [0.717, 1.165) is 16.7 Å². The largest absolute Gasteiger partial charge is 0.308 e. The van der Waals surface area contributed by atoms with Crippen molar-refractivity contribution in [2.45, 2.75) is 0 Å². The number of nitrogens with zero attached hydrogens (tertiary/aromatic N) is 3. The van der Waals surface area contributed by atoms with Gasteiger partial charge < -0.3 is 4.57 Å². The number of para-hydroxylation sites is 1. The summed E-state index contributed by atoms with van der Waals surface area (Å²) in [6.07, 6.45) is 3.70. The first-order chi connectivity index (χ1) is 10.4. The van der Waals surface area contributed by atoms with Crippen LogP contribution in [0.5, 0.6) is 0 Å². The van der Waals surface area contributed by atoms with E-state index in [0.29, 0.717) is 5.56 Å². The predicted octanol–water partition coefficient (Wildman–Crippen LogP) is 4.05. The van der Waals surface area contributed by atoms with Gasteiger partial charge in [0.05, 0.1) is 28.9 Å². The van der Waals surface area contributed by atoms with Crippen LogP contribution in [-0.4, -0.2) is 9.55 Å². The molecule has 0 aliphatic carbocycles. The van der Waals surface area contributed by atoms with Crippen LogP contribution in [-0.2, 0) is 0 Å². The molecule has 0 saturated carbocycles. The predicted molar refractivity (Wildman–Crippen MR) is 83.3 cm³/mol. The van der Waals surface area contributed by atoms with E-state index in [-0.39, 0.29) is 0 Å². The van der Waals surface area contributed by atoms with Crippen LogP contribution in [0.15, 0.2) is 67.0 Å². The average Bonchev–Trinajstić information content (AvgIpc) is 2.90. The first kappa shape index (κ1) is 11.7. The molecule has 3 heteroatoms. The van der Waals surface area contributed by atoms with Crippen LogP contribution in [0, 0.1) is 11.3 Å². The molecule has 4 aromatic rings. The zero-order valence-electron chi connectivity index (χ0n) is 11.2. The van der Waals surface area contributed by atoms with E-state index < -0.39 is 0 Å². The van der Waals surface area contributed by atoms with Crippen molar-refractivity contribution in [1.82, 2.24) is 9.55 Å². The molecule has 0 aliphatic rings. The number of rotatable bonds is 1. The van der Waals surface area contributed by atoms with Crippen molar-refractivity contribution < 1.29 is 0 Å². The van der Waals surface area contributed by atoms with Crippen molar-refractivity contribution in [2.24, 2.45) is 0 Å². The lowest BCUT2D eigenvalue weighted by Gasteiger charge is -2.07. The van der Waals surface area contributed by atoms with Gasteiger partial charge in [0.1, 0.15) is 0 Å². The van der Waals surface area contributed by atoms with Crippen LogP contribution in [0.2, 0.25) is 0 Å². The molecule has 2 aromatic heterocycles. The summed E-state index contributed by atoms with van der Waals surface area (Å²) in [7, 11) is 0. The zero-order valence-corrected chi connectivity index (χ0v) is 11.2. The van der Waals surface area contributed by atoms with Crippen molar-refractivity contribution in [3.63, 3.8) is 0 Å². The van der Waals surface area contributed by atoms with E-state index in [1.54, 1.807) is 0 Å². The number of pyridine rings is 1. The lowest BCUT2D eigenvalue weighted by atomic mass is 10.2. The monoisotopic (exact) mass is 269 g/mol. The quantitative estimate of drug-likeness (QED) is 0.523. The molecule has 0 aliphatic heterocycles. The van der Waals surface area contributed by atoms with E-state index in [4.69, 9.17) is 5.26 Å². The summed E-state index contributed by atoms with van der Waals surface area (Å²) in [5, 5.41) is 11.3. The third kappa shape index (κ3) is 1.70. The second-order valence-corrected chi connectivity index (χ2v) is 4.90. The highest BCUT2D eigenvalue weighted by Gasteiger charge is 2.11. The minimum atomic E-state index is 0.664. The fourth-order valence-corrected chi connectivity index (χ4v) is 2.78. The summed E-state index contributed by atoms with van der Waals surface area (Å²) >= 11 is 0. The highest BCUT2D eigenvalue weighted by Crippen LogP contribution is 2.31. The first-order valence-corrected chi connectivity index (χ1v) is 6.72. The third-order valence-corrected chi connectivity index (χ3v) is 3.73. The third-order valence-electron chi connectivity index (χ3n) is 3.73. The van der Waals surface area contributed by atoms with Crippen molar-refractivity contribution in [2.75, 3.05) is 0 Å². The minimum absolute atomic E-state index is 0.664. The molecule has 0 radical (unpaired) electrons. The number of nitriles is 1. The van der Waals surface area contributed by atoms with Gasteiger partial charge >= 0.3 is 0 Å². The Labute approximate surface area is 121 Å². The molecule has 0 spiro atoms. The fourth-order valence-electron chi connectivity index (χ4n) is 2.78. The number of hydrogen-bond acceptors (Lipinski definition) is 2. The van der Waals surface area contributed by atoms with Crippen LogP contribution in [0.3, 0.4) is 0 Å². The van der Waals surface area contributed by atoms with Gasteiger partial charge in [-0.3, -0.25) is 4.98 Å². The molecule has 0 N–H and O–H groups in total. The SMILES string of the molecule is N#Cc1ccc(-n2c3ccccc3c3ccncc32)cc1.